The summed E-state index contributed by atoms with van der Waals surface area (Å²) in [6, 6.07) is 1.85. The van der Waals surface area contributed by atoms with Gasteiger partial charge in [-0.15, -0.1) is 0 Å². The Labute approximate surface area is 108 Å². The highest BCUT2D eigenvalue weighted by molar-refractivity contribution is 4.97. The van der Waals surface area contributed by atoms with Gasteiger partial charge in [0.2, 0.25) is 0 Å². The Morgan fingerprint density at radius 3 is 2.94 bits per heavy atom. The monoisotopic (exact) mass is 247 g/mol. The molecule has 18 heavy (non-hydrogen) atoms. The summed E-state index contributed by atoms with van der Waals surface area (Å²) in [6.45, 7) is 2.77. The van der Waals surface area contributed by atoms with E-state index in [-0.39, 0.29) is 5.60 Å². The van der Waals surface area contributed by atoms with Gasteiger partial charge in [-0.25, -0.2) is 9.97 Å². The van der Waals surface area contributed by atoms with E-state index >= 15 is 0 Å². The number of aromatic nitrogens is 2. The molecule has 3 rings (SSSR count). The third-order valence-corrected chi connectivity index (χ3v) is 4.50. The zero-order valence-corrected chi connectivity index (χ0v) is 10.8. The molecule has 2 unspecified atom stereocenters. The van der Waals surface area contributed by atoms with Crippen LogP contribution in [0.5, 0.6) is 0 Å². The minimum Gasteiger partial charge on any atom is -0.390 e. The highest BCUT2D eigenvalue weighted by Crippen LogP contribution is 2.39. The van der Waals surface area contributed by atoms with Gasteiger partial charge >= 0.3 is 0 Å². The molecule has 0 amide bonds. The van der Waals surface area contributed by atoms with Crippen LogP contribution in [0.1, 0.15) is 37.9 Å². The van der Waals surface area contributed by atoms with Gasteiger partial charge in [0.05, 0.1) is 12.1 Å². The number of rotatable bonds is 2. The fourth-order valence-corrected chi connectivity index (χ4v) is 3.39. The number of piperidine rings is 1. The number of likely N-dealkylation sites (tertiary alicyclic amines) is 1. The molecule has 1 aromatic rings. The zero-order valence-electron chi connectivity index (χ0n) is 10.8. The number of fused-ring (bicyclic) bond motifs is 1. The molecule has 4 heteroatoms. The molecule has 1 aromatic heterocycles. The van der Waals surface area contributed by atoms with Crippen molar-refractivity contribution in [2.75, 3.05) is 13.1 Å². The molecule has 1 saturated heterocycles. The molecule has 2 atom stereocenters. The molecule has 4 nitrogen and oxygen atoms in total. The van der Waals surface area contributed by atoms with E-state index in [1.54, 1.807) is 12.4 Å². The predicted octanol–water partition coefficient (Wildman–Crippen LogP) is 1.60. The molecular formula is C14H21N3O. The molecule has 1 aliphatic heterocycles. The summed E-state index contributed by atoms with van der Waals surface area (Å²) in [7, 11) is 0. The van der Waals surface area contributed by atoms with Crippen LogP contribution in [0, 0.1) is 5.92 Å². The molecule has 2 aliphatic rings. The first kappa shape index (κ1) is 12.1. The fraction of sp³-hybridized carbons (Fsp3) is 0.714. The molecular weight excluding hydrogens is 226 g/mol. The Morgan fingerprint density at radius 1 is 1.28 bits per heavy atom. The van der Waals surface area contributed by atoms with Gasteiger partial charge in [0.1, 0.15) is 5.82 Å². The van der Waals surface area contributed by atoms with Crippen LogP contribution in [0.2, 0.25) is 0 Å². The van der Waals surface area contributed by atoms with Crippen molar-refractivity contribution in [2.24, 2.45) is 5.92 Å². The second kappa shape index (κ2) is 4.94. The van der Waals surface area contributed by atoms with Crippen LogP contribution in [-0.4, -0.2) is 38.7 Å². The van der Waals surface area contributed by atoms with Crippen molar-refractivity contribution in [3.05, 3.63) is 24.3 Å². The lowest BCUT2D eigenvalue weighted by atomic mass is 9.71. The van der Waals surface area contributed by atoms with E-state index < -0.39 is 0 Å². The summed E-state index contributed by atoms with van der Waals surface area (Å²) in [4.78, 5) is 10.9. The minimum atomic E-state index is -0.383. The van der Waals surface area contributed by atoms with E-state index in [0.717, 1.165) is 38.3 Å². The first-order chi connectivity index (χ1) is 8.76. The van der Waals surface area contributed by atoms with Crippen LogP contribution < -0.4 is 0 Å². The van der Waals surface area contributed by atoms with Crippen molar-refractivity contribution < 1.29 is 5.11 Å². The van der Waals surface area contributed by atoms with Crippen molar-refractivity contribution in [3.8, 4) is 0 Å². The molecule has 0 aromatic carbocycles. The Hall–Kier alpha value is -1.00. The van der Waals surface area contributed by atoms with Crippen molar-refractivity contribution >= 4 is 0 Å². The Balaban J connectivity index is 1.63. The maximum atomic E-state index is 10.6. The molecule has 1 N–H and O–H groups in total. The first-order valence-electron chi connectivity index (χ1n) is 6.97. The lowest BCUT2D eigenvalue weighted by molar-refractivity contribution is -0.0971. The molecule has 1 saturated carbocycles. The standard InChI is InChI=1S/C14H21N3O/c18-14-5-2-1-4-12(14)10-17(9-6-14)11-13-15-7-3-8-16-13/h3,7-8,12,18H,1-2,4-6,9-11H2. The van der Waals surface area contributed by atoms with Crippen LogP contribution in [0.15, 0.2) is 18.5 Å². The van der Waals surface area contributed by atoms with Crippen LogP contribution in [0.3, 0.4) is 0 Å². The van der Waals surface area contributed by atoms with Gasteiger partial charge in [-0.1, -0.05) is 12.8 Å². The molecule has 0 bridgehead atoms. The lowest BCUT2D eigenvalue weighted by Gasteiger charge is -2.47. The number of hydrogen-bond donors (Lipinski definition) is 1. The van der Waals surface area contributed by atoms with Crippen LogP contribution in [0.4, 0.5) is 0 Å². The summed E-state index contributed by atoms with van der Waals surface area (Å²) in [6.07, 6.45) is 9.12. The molecule has 98 valence electrons. The van der Waals surface area contributed by atoms with E-state index in [1.165, 1.54) is 19.3 Å². The third kappa shape index (κ3) is 2.40. The number of nitrogens with zero attached hydrogens (tertiary/aromatic N) is 3. The summed E-state index contributed by atoms with van der Waals surface area (Å²) in [5.74, 6) is 1.34. The topological polar surface area (TPSA) is 49.2 Å². The smallest absolute Gasteiger partial charge is 0.142 e. The van der Waals surface area contributed by atoms with Gasteiger partial charge in [0.25, 0.3) is 0 Å². The van der Waals surface area contributed by atoms with Gasteiger partial charge in [-0.3, -0.25) is 4.90 Å². The second-order valence-corrected chi connectivity index (χ2v) is 5.70. The van der Waals surface area contributed by atoms with Crippen LogP contribution in [-0.2, 0) is 6.54 Å². The van der Waals surface area contributed by atoms with Crippen LogP contribution in [0.25, 0.3) is 0 Å². The van der Waals surface area contributed by atoms with Gasteiger partial charge in [-0.2, -0.15) is 0 Å². The zero-order chi connectivity index (χ0) is 12.4. The SMILES string of the molecule is OC12CCCCC1CN(Cc1ncccn1)CC2. The maximum absolute atomic E-state index is 10.6. The molecule has 0 radical (unpaired) electrons. The Kier molecular flexibility index (Phi) is 3.31. The van der Waals surface area contributed by atoms with Crippen molar-refractivity contribution in [1.29, 1.82) is 0 Å². The second-order valence-electron chi connectivity index (χ2n) is 5.70. The predicted molar refractivity (Wildman–Crippen MR) is 68.8 cm³/mol. The number of aliphatic hydroxyl groups is 1. The first-order valence-corrected chi connectivity index (χ1v) is 6.97. The fourth-order valence-electron chi connectivity index (χ4n) is 3.39. The van der Waals surface area contributed by atoms with Gasteiger partial charge < -0.3 is 5.11 Å². The molecule has 2 heterocycles. The average Bonchev–Trinajstić information content (AvgIpc) is 2.40. The molecule has 0 spiro atoms. The average molecular weight is 247 g/mol. The summed E-state index contributed by atoms with van der Waals surface area (Å²) in [5, 5.41) is 10.6. The number of hydrogen-bond acceptors (Lipinski definition) is 4. The van der Waals surface area contributed by atoms with E-state index in [4.69, 9.17) is 0 Å². The highest BCUT2D eigenvalue weighted by atomic mass is 16.3. The summed E-state index contributed by atoms with van der Waals surface area (Å²) in [5.41, 5.74) is -0.383. The molecule has 2 fully saturated rings. The van der Waals surface area contributed by atoms with E-state index in [2.05, 4.69) is 14.9 Å². The van der Waals surface area contributed by atoms with Gasteiger partial charge in [0, 0.05) is 31.4 Å². The summed E-state index contributed by atoms with van der Waals surface area (Å²) < 4.78 is 0. The highest BCUT2D eigenvalue weighted by Gasteiger charge is 2.42. The van der Waals surface area contributed by atoms with Crippen molar-refractivity contribution in [3.63, 3.8) is 0 Å². The minimum absolute atomic E-state index is 0.383. The van der Waals surface area contributed by atoms with Crippen molar-refractivity contribution in [2.45, 2.75) is 44.2 Å². The van der Waals surface area contributed by atoms with Gasteiger partial charge in [-0.05, 0) is 25.3 Å². The largest absolute Gasteiger partial charge is 0.390 e. The van der Waals surface area contributed by atoms with E-state index in [1.807, 2.05) is 6.07 Å². The van der Waals surface area contributed by atoms with E-state index in [0.29, 0.717) is 5.92 Å². The quantitative estimate of drug-likeness (QED) is 0.862. The molecule has 1 aliphatic carbocycles. The van der Waals surface area contributed by atoms with Crippen molar-refractivity contribution in [1.82, 2.24) is 14.9 Å². The van der Waals surface area contributed by atoms with Gasteiger partial charge in [0.15, 0.2) is 0 Å². The third-order valence-electron chi connectivity index (χ3n) is 4.50. The van der Waals surface area contributed by atoms with E-state index in [9.17, 15) is 5.11 Å². The Morgan fingerprint density at radius 2 is 2.11 bits per heavy atom. The Bertz CT molecular complexity index is 397. The van der Waals surface area contributed by atoms with Crippen LogP contribution >= 0.6 is 0 Å². The normalized spacial score (nSPS) is 33.1. The summed E-state index contributed by atoms with van der Waals surface area (Å²) >= 11 is 0. The lowest BCUT2D eigenvalue weighted by Crippen LogP contribution is -2.53. The maximum Gasteiger partial charge on any atom is 0.142 e.